The van der Waals surface area contributed by atoms with Crippen molar-refractivity contribution in [1.29, 1.82) is 0 Å². The molecule has 0 bridgehead atoms. The van der Waals surface area contributed by atoms with Crippen LogP contribution in [0, 0.1) is 5.92 Å². The molecule has 2 aliphatic heterocycles. The number of hydrogen-bond acceptors (Lipinski definition) is 5. The number of morpholine rings is 1. The maximum atomic E-state index is 13.0. The maximum Gasteiger partial charge on any atom is 0.320 e. The van der Waals surface area contributed by atoms with Crippen molar-refractivity contribution in [2.24, 2.45) is 5.92 Å². The number of carbonyl (C=O) groups is 2. The highest BCUT2D eigenvalue weighted by molar-refractivity contribution is 7.10. The molecule has 2 aliphatic rings. The molecular formula is C21H26N4O3S. The van der Waals surface area contributed by atoms with Gasteiger partial charge in [-0.2, -0.15) is 0 Å². The van der Waals surface area contributed by atoms with Gasteiger partial charge in [-0.25, -0.2) is 4.79 Å². The van der Waals surface area contributed by atoms with Crippen LogP contribution in [-0.4, -0.2) is 66.1 Å². The minimum Gasteiger partial charge on any atom is -0.378 e. The molecule has 2 saturated heterocycles. The number of thiophene rings is 1. The van der Waals surface area contributed by atoms with Crippen molar-refractivity contribution in [2.45, 2.75) is 18.9 Å². The zero-order valence-corrected chi connectivity index (χ0v) is 17.1. The first-order chi connectivity index (χ1) is 14.2. The average molecular weight is 415 g/mol. The van der Waals surface area contributed by atoms with Gasteiger partial charge in [0.2, 0.25) is 5.91 Å². The standard InChI is InChI=1S/C21H26N4O3S/c26-20(23-19(18-5-3-15-29-18)17-4-1-2-8-22-17)16-6-9-24(10-7-16)21(27)25-11-13-28-14-12-25/h1-5,8,15-16,19H,6-7,9-14H2,(H,23,26). The van der Waals surface area contributed by atoms with Crippen molar-refractivity contribution in [3.8, 4) is 0 Å². The third kappa shape index (κ3) is 4.76. The lowest BCUT2D eigenvalue weighted by molar-refractivity contribution is -0.126. The van der Waals surface area contributed by atoms with Crippen LogP contribution >= 0.6 is 11.3 Å². The molecule has 2 aromatic rings. The Kier molecular flexibility index (Phi) is 6.41. The van der Waals surface area contributed by atoms with Crippen LogP contribution in [0.3, 0.4) is 0 Å². The van der Waals surface area contributed by atoms with E-state index in [2.05, 4.69) is 10.3 Å². The van der Waals surface area contributed by atoms with Crippen molar-refractivity contribution in [1.82, 2.24) is 20.1 Å². The highest BCUT2D eigenvalue weighted by atomic mass is 32.1. The highest BCUT2D eigenvalue weighted by Gasteiger charge is 2.31. The van der Waals surface area contributed by atoms with Crippen LogP contribution in [-0.2, 0) is 9.53 Å². The first-order valence-electron chi connectivity index (χ1n) is 10.1. The molecule has 0 saturated carbocycles. The molecular weight excluding hydrogens is 388 g/mol. The van der Waals surface area contributed by atoms with E-state index in [4.69, 9.17) is 4.74 Å². The Morgan fingerprint density at radius 1 is 1.07 bits per heavy atom. The molecule has 7 nitrogen and oxygen atoms in total. The van der Waals surface area contributed by atoms with Crippen molar-refractivity contribution in [3.63, 3.8) is 0 Å². The average Bonchev–Trinajstić information content (AvgIpc) is 3.33. The number of piperidine rings is 1. The summed E-state index contributed by atoms with van der Waals surface area (Å²) in [7, 11) is 0. The summed E-state index contributed by atoms with van der Waals surface area (Å²) in [5.41, 5.74) is 0.836. The maximum absolute atomic E-state index is 13.0. The topological polar surface area (TPSA) is 74.8 Å². The molecule has 8 heteroatoms. The lowest BCUT2D eigenvalue weighted by atomic mass is 9.95. The summed E-state index contributed by atoms with van der Waals surface area (Å²) in [6.07, 6.45) is 3.11. The summed E-state index contributed by atoms with van der Waals surface area (Å²) in [6.45, 7) is 3.71. The van der Waals surface area contributed by atoms with Crippen molar-refractivity contribution < 1.29 is 14.3 Å². The summed E-state index contributed by atoms with van der Waals surface area (Å²) >= 11 is 1.61. The zero-order valence-electron chi connectivity index (χ0n) is 16.3. The first kappa shape index (κ1) is 19.8. The fourth-order valence-corrected chi connectivity index (χ4v) is 4.63. The van der Waals surface area contributed by atoms with Crippen LogP contribution in [0.2, 0.25) is 0 Å². The number of ether oxygens (including phenoxy) is 1. The molecule has 0 radical (unpaired) electrons. The van der Waals surface area contributed by atoms with E-state index in [0.717, 1.165) is 10.6 Å². The Morgan fingerprint density at radius 3 is 2.48 bits per heavy atom. The minimum absolute atomic E-state index is 0.0347. The molecule has 29 heavy (non-hydrogen) atoms. The molecule has 1 atom stereocenters. The smallest absolute Gasteiger partial charge is 0.320 e. The number of amides is 3. The van der Waals surface area contributed by atoms with Gasteiger partial charge in [-0.1, -0.05) is 12.1 Å². The molecule has 0 spiro atoms. The molecule has 3 amide bonds. The summed E-state index contributed by atoms with van der Waals surface area (Å²) in [5.74, 6) is -0.0533. The normalized spacial score (nSPS) is 19.0. The fraction of sp³-hybridized carbons (Fsp3) is 0.476. The third-order valence-electron chi connectivity index (χ3n) is 5.52. The van der Waals surface area contributed by atoms with Gasteiger partial charge in [0.15, 0.2) is 0 Å². The zero-order chi connectivity index (χ0) is 20.1. The molecule has 4 heterocycles. The molecule has 1 unspecified atom stereocenters. The van der Waals surface area contributed by atoms with Gasteiger partial charge in [0.05, 0.1) is 18.9 Å². The number of carbonyl (C=O) groups excluding carboxylic acids is 2. The SMILES string of the molecule is O=C(NC(c1ccccn1)c1cccs1)C1CCN(C(=O)N2CCOCC2)CC1. The lowest BCUT2D eigenvalue weighted by Crippen LogP contribution is -2.51. The van der Waals surface area contributed by atoms with E-state index in [0.29, 0.717) is 52.2 Å². The second kappa shape index (κ2) is 9.37. The van der Waals surface area contributed by atoms with E-state index < -0.39 is 0 Å². The predicted molar refractivity (Wildman–Crippen MR) is 111 cm³/mol. The number of pyridine rings is 1. The van der Waals surface area contributed by atoms with Crippen LogP contribution < -0.4 is 5.32 Å². The Hall–Kier alpha value is -2.45. The number of nitrogens with zero attached hydrogens (tertiary/aromatic N) is 3. The number of rotatable bonds is 4. The molecule has 0 aliphatic carbocycles. The van der Waals surface area contributed by atoms with Crippen LogP contribution in [0.15, 0.2) is 41.9 Å². The molecule has 2 aromatic heterocycles. The number of likely N-dealkylation sites (tertiary alicyclic amines) is 1. The van der Waals surface area contributed by atoms with Gasteiger partial charge in [-0.05, 0) is 36.4 Å². The molecule has 154 valence electrons. The van der Waals surface area contributed by atoms with E-state index in [1.165, 1.54) is 0 Å². The van der Waals surface area contributed by atoms with Gasteiger partial charge < -0.3 is 19.9 Å². The highest BCUT2D eigenvalue weighted by Crippen LogP contribution is 2.26. The largest absolute Gasteiger partial charge is 0.378 e. The van der Waals surface area contributed by atoms with E-state index in [9.17, 15) is 9.59 Å². The van der Waals surface area contributed by atoms with E-state index in [1.54, 1.807) is 17.5 Å². The number of aromatic nitrogens is 1. The summed E-state index contributed by atoms with van der Waals surface area (Å²) in [6, 6.07) is 9.58. The minimum atomic E-state index is -0.239. The molecule has 0 aromatic carbocycles. The predicted octanol–water partition coefficient (Wildman–Crippen LogP) is 2.51. The number of nitrogens with one attached hydrogen (secondary N) is 1. The second-order valence-electron chi connectivity index (χ2n) is 7.35. The van der Waals surface area contributed by atoms with Crippen LogP contribution in [0.5, 0.6) is 0 Å². The van der Waals surface area contributed by atoms with Gasteiger partial charge in [0.25, 0.3) is 0 Å². The van der Waals surface area contributed by atoms with Gasteiger partial charge in [0.1, 0.15) is 6.04 Å². The Labute approximate surface area is 174 Å². The van der Waals surface area contributed by atoms with Crippen molar-refractivity contribution >= 4 is 23.3 Å². The Morgan fingerprint density at radius 2 is 1.83 bits per heavy atom. The van der Waals surface area contributed by atoms with Crippen LogP contribution in [0.4, 0.5) is 4.79 Å². The van der Waals surface area contributed by atoms with E-state index >= 15 is 0 Å². The van der Waals surface area contributed by atoms with Crippen LogP contribution in [0.25, 0.3) is 0 Å². The summed E-state index contributed by atoms with van der Waals surface area (Å²) in [5, 5.41) is 5.20. The third-order valence-corrected chi connectivity index (χ3v) is 6.45. The molecule has 4 rings (SSSR count). The first-order valence-corrected chi connectivity index (χ1v) is 11.0. The van der Waals surface area contributed by atoms with Crippen molar-refractivity contribution in [2.75, 3.05) is 39.4 Å². The van der Waals surface area contributed by atoms with Gasteiger partial charge in [-0.3, -0.25) is 9.78 Å². The summed E-state index contributed by atoms with van der Waals surface area (Å²) in [4.78, 5) is 34.8. The second-order valence-corrected chi connectivity index (χ2v) is 8.33. The Balaban J connectivity index is 1.35. The Bertz CT molecular complexity index is 801. The lowest BCUT2D eigenvalue weighted by Gasteiger charge is -2.37. The molecule has 2 fully saturated rings. The fourth-order valence-electron chi connectivity index (χ4n) is 3.84. The number of urea groups is 1. The van der Waals surface area contributed by atoms with E-state index in [-0.39, 0.29) is 23.9 Å². The quantitative estimate of drug-likeness (QED) is 0.834. The van der Waals surface area contributed by atoms with Gasteiger partial charge >= 0.3 is 6.03 Å². The molecule has 1 N–H and O–H groups in total. The number of hydrogen-bond donors (Lipinski definition) is 1. The van der Waals surface area contributed by atoms with Crippen molar-refractivity contribution in [3.05, 3.63) is 52.5 Å². The van der Waals surface area contributed by atoms with Crippen LogP contribution in [0.1, 0.15) is 29.5 Å². The monoisotopic (exact) mass is 414 g/mol. The summed E-state index contributed by atoms with van der Waals surface area (Å²) < 4.78 is 5.32. The van der Waals surface area contributed by atoms with Gasteiger partial charge in [0, 0.05) is 43.2 Å². The van der Waals surface area contributed by atoms with Gasteiger partial charge in [-0.15, -0.1) is 11.3 Å². The van der Waals surface area contributed by atoms with E-state index in [1.807, 2.05) is 45.5 Å².